The molecule has 6 heteroatoms. The standard InChI is InChI=1S/C16H27N3O2S/c1-4-22-14-8-7-13(10-14)18-16(20)17-9-5-6-15-11(2)19-21-12(15)3/h13-14H,4-10H2,1-3H3,(H2,17,18,20)/t13-,14-/m0/s1. The van der Waals surface area contributed by atoms with Gasteiger partial charge in [-0.25, -0.2) is 4.79 Å². The Hall–Kier alpha value is -1.17. The third kappa shape index (κ3) is 4.93. The number of rotatable bonds is 7. The van der Waals surface area contributed by atoms with Gasteiger partial charge in [0.25, 0.3) is 0 Å². The number of carbonyl (C=O) groups is 1. The zero-order valence-corrected chi connectivity index (χ0v) is 14.6. The molecule has 1 aromatic heterocycles. The predicted molar refractivity (Wildman–Crippen MR) is 90.4 cm³/mol. The number of aromatic nitrogens is 1. The van der Waals surface area contributed by atoms with E-state index in [-0.39, 0.29) is 6.03 Å². The average molecular weight is 325 g/mol. The first-order chi connectivity index (χ1) is 10.6. The number of urea groups is 1. The molecule has 124 valence electrons. The monoisotopic (exact) mass is 325 g/mol. The van der Waals surface area contributed by atoms with Gasteiger partial charge < -0.3 is 15.2 Å². The Bertz CT molecular complexity index is 470. The first kappa shape index (κ1) is 17.2. The lowest BCUT2D eigenvalue weighted by atomic mass is 10.1. The number of thioether (sulfide) groups is 1. The predicted octanol–water partition coefficient (Wildman–Crippen LogP) is 3.20. The van der Waals surface area contributed by atoms with Crippen LogP contribution in [-0.4, -0.2) is 34.8 Å². The summed E-state index contributed by atoms with van der Waals surface area (Å²) < 4.78 is 5.14. The van der Waals surface area contributed by atoms with Gasteiger partial charge in [0.05, 0.1) is 5.69 Å². The summed E-state index contributed by atoms with van der Waals surface area (Å²) in [7, 11) is 0. The van der Waals surface area contributed by atoms with E-state index in [0.29, 0.717) is 12.6 Å². The van der Waals surface area contributed by atoms with Crippen molar-refractivity contribution in [2.24, 2.45) is 0 Å². The third-order valence-electron chi connectivity index (χ3n) is 4.19. The molecule has 0 unspecified atom stereocenters. The SMILES string of the molecule is CCS[C@H]1CC[C@H](NC(=O)NCCCc2c(C)noc2C)C1. The molecule has 1 fully saturated rings. The first-order valence-corrected chi connectivity index (χ1v) is 9.22. The zero-order chi connectivity index (χ0) is 15.9. The molecular weight excluding hydrogens is 298 g/mol. The molecule has 22 heavy (non-hydrogen) atoms. The fourth-order valence-electron chi connectivity index (χ4n) is 3.02. The van der Waals surface area contributed by atoms with Gasteiger partial charge >= 0.3 is 6.03 Å². The van der Waals surface area contributed by atoms with Crippen molar-refractivity contribution in [1.82, 2.24) is 15.8 Å². The molecule has 2 atom stereocenters. The maximum absolute atomic E-state index is 11.9. The summed E-state index contributed by atoms with van der Waals surface area (Å²) in [5.74, 6) is 2.04. The van der Waals surface area contributed by atoms with Crippen LogP contribution in [-0.2, 0) is 6.42 Å². The number of hydrogen-bond acceptors (Lipinski definition) is 4. The van der Waals surface area contributed by atoms with Gasteiger partial charge in [0.1, 0.15) is 5.76 Å². The highest BCUT2D eigenvalue weighted by molar-refractivity contribution is 7.99. The molecule has 2 N–H and O–H groups in total. The highest BCUT2D eigenvalue weighted by Gasteiger charge is 2.25. The van der Waals surface area contributed by atoms with Crippen molar-refractivity contribution in [2.75, 3.05) is 12.3 Å². The van der Waals surface area contributed by atoms with Crippen LogP contribution in [0.3, 0.4) is 0 Å². The van der Waals surface area contributed by atoms with E-state index in [1.807, 2.05) is 25.6 Å². The number of aryl methyl sites for hydroxylation is 2. The van der Waals surface area contributed by atoms with Crippen molar-refractivity contribution in [1.29, 1.82) is 0 Å². The Morgan fingerprint density at radius 3 is 2.91 bits per heavy atom. The lowest BCUT2D eigenvalue weighted by Gasteiger charge is -2.14. The zero-order valence-electron chi connectivity index (χ0n) is 13.8. The Balaban J connectivity index is 1.60. The molecule has 1 aliphatic rings. The lowest BCUT2D eigenvalue weighted by molar-refractivity contribution is 0.237. The molecule has 1 aliphatic carbocycles. The van der Waals surface area contributed by atoms with Gasteiger partial charge in [0.2, 0.25) is 0 Å². The molecule has 0 aromatic carbocycles. The van der Waals surface area contributed by atoms with Gasteiger partial charge in [-0.2, -0.15) is 11.8 Å². The molecule has 2 amide bonds. The quantitative estimate of drug-likeness (QED) is 0.756. The van der Waals surface area contributed by atoms with Crippen LogP contribution in [0, 0.1) is 13.8 Å². The second-order valence-corrected chi connectivity index (χ2v) is 7.47. The van der Waals surface area contributed by atoms with E-state index >= 15 is 0 Å². The van der Waals surface area contributed by atoms with E-state index in [0.717, 1.165) is 53.7 Å². The van der Waals surface area contributed by atoms with Crippen LogP contribution < -0.4 is 10.6 Å². The minimum atomic E-state index is -0.0362. The highest BCUT2D eigenvalue weighted by Crippen LogP contribution is 2.29. The van der Waals surface area contributed by atoms with E-state index in [1.54, 1.807) is 0 Å². The van der Waals surface area contributed by atoms with Crippen molar-refractivity contribution >= 4 is 17.8 Å². The molecule has 0 bridgehead atoms. The fraction of sp³-hybridized carbons (Fsp3) is 0.750. The Kier molecular flexibility index (Phi) is 6.61. The molecule has 0 radical (unpaired) electrons. The molecule has 1 saturated carbocycles. The van der Waals surface area contributed by atoms with Crippen LogP contribution in [0.5, 0.6) is 0 Å². The van der Waals surface area contributed by atoms with E-state index in [4.69, 9.17) is 4.52 Å². The Morgan fingerprint density at radius 1 is 1.41 bits per heavy atom. The van der Waals surface area contributed by atoms with Crippen LogP contribution in [0.2, 0.25) is 0 Å². The van der Waals surface area contributed by atoms with Crippen molar-refractivity contribution in [3.63, 3.8) is 0 Å². The van der Waals surface area contributed by atoms with Crippen LogP contribution in [0.25, 0.3) is 0 Å². The number of carbonyl (C=O) groups excluding carboxylic acids is 1. The molecule has 5 nitrogen and oxygen atoms in total. The third-order valence-corrected chi connectivity index (χ3v) is 5.43. The Labute approximate surface area is 137 Å². The minimum Gasteiger partial charge on any atom is -0.361 e. The van der Waals surface area contributed by atoms with E-state index in [2.05, 4.69) is 22.7 Å². The maximum atomic E-state index is 11.9. The van der Waals surface area contributed by atoms with Gasteiger partial charge in [-0.05, 0) is 51.7 Å². The smallest absolute Gasteiger partial charge is 0.315 e. The van der Waals surface area contributed by atoms with Gasteiger partial charge in [0.15, 0.2) is 0 Å². The fourth-order valence-corrected chi connectivity index (χ4v) is 4.16. The average Bonchev–Trinajstić information content (AvgIpc) is 3.04. The highest BCUT2D eigenvalue weighted by atomic mass is 32.2. The molecule has 2 rings (SSSR count). The number of hydrogen-bond donors (Lipinski definition) is 2. The normalized spacial score (nSPS) is 21.0. The minimum absolute atomic E-state index is 0.0362. The van der Waals surface area contributed by atoms with Crippen LogP contribution in [0.4, 0.5) is 4.79 Å². The van der Waals surface area contributed by atoms with Gasteiger partial charge in [-0.3, -0.25) is 0 Å². The Morgan fingerprint density at radius 2 is 2.23 bits per heavy atom. The summed E-state index contributed by atoms with van der Waals surface area (Å²) in [5.41, 5.74) is 2.12. The molecule has 1 heterocycles. The number of nitrogens with zero attached hydrogens (tertiary/aromatic N) is 1. The summed E-state index contributed by atoms with van der Waals surface area (Å²) in [4.78, 5) is 11.9. The summed E-state index contributed by atoms with van der Waals surface area (Å²) in [6, 6.07) is 0.303. The van der Waals surface area contributed by atoms with Crippen molar-refractivity contribution < 1.29 is 9.32 Å². The van der Waals surface area contributed by atoms with E-state index in [9.17, 15) is 4.79 Å². The van der Waals surface area contributed by atoms with Crippen molar-refractivity contribution in [3.05, 3.63) is 17.0 Å². The van der Waals surface area contributed by atoms with E-state index in [1.165, 1.54) is 6.42 Å². The number of amides is 2. The molecule has 0 spiro atoms. The maximum Gasteiger partial charge on any atom is 0.315 e. The first-order valence-electron chi connectivity index (χ1n) is 8.17. The van der Waals surface area contributed by atoms with Gasteiger partial charge in [-0.15, -0.1) is 0 Å². The second-order valence-electron chi connectivity index (χ2n) is 5.89. The largest absolute Gasteiger partial charge is 0.361 e. The molecule has 1 aromatic rings. The van der Waals surface area contributed by atoms with Gasteiger partial charge in [0, 0.05) is 23.4 Å². The van der Waals surface area contributed by atoms with Crippen LogP contribution in [0.15, 0.2) is 4.52 Å². The second kappa shape index (κ2) is 8.46. The molecular formula is C16H27N3O2S. The van der Waals surface area contributed by atoms with E-state index < -0.39 is 0 Å². The van der Waals surface area contributed by atoms with Gasteiger partial charge in [-0.1, -0.05) is 12.1 Å². The molecule has 0 aliphatic heterocycles. The number of nitrogens with one attached hydrogen (secondary N) is 2. The van der Waals surface area contributed by atoms with Crippen LogP contribution in [0.1, 0.15) is 49.6 Å². The summed E-state index contributed by atoms with van der Waals surface area (Å²) in [5, 5.41) is 10.7. The molecule has 0 saturated heterocycles. The summed E-state index contributed by atoms with van der Waals surface area (Å²) in [6.07, 6.45) is 5.21. The van der Waals surface area contributed by atoms with Crippen molar-refractivity contribution in [2.45, 2.75) is 64.2 Å². The van der Waals surface area contributed by atoms with Crippen LogP contribution >= 0.6 is 11.8 Å². The lowest BCUT2D eigenvalue weighted by Crippen LogP contribution is -2.41. The van der Waals surface area contributed by atoms with Crippen molar-refractivity contribution in [3.8, 4) is 0 Å². The summed E-state index contributed by atoms with van der Waals surface area (Å²) in [6.45, 7) is 6.75. The summed E-state index contributed by atoms with van der Waals surface area (Å²) >= 11 is 2.01. The topological polar surface area (TPSA) is 67.2 Å².